The zero-order chi connectivity index (χ0) is 14.7. The van der Waals surface area contributed by atoms with Gasteiger partial charge in [-0.25, -0.2) is 0 Å². The highest BCUT2D eigenvalue weighted by Gasteiger charge is 2.28. The fourth-order valence-electron chi connectivity index (χ4n) is 2.94. The first-order chi connectivity index (χ1) is 10.3. The van der Waals surface area contributed by atoms with Gasteiger partial charge >= 0.3 is 0 Å². The number of rotatable bonds is 4. The molecule has 3 nitrogen and oxygen atoms in total. The minimum absolute atomic E-state index is 0. The highest BCUT2D eigenvalue weighted by atomic mass is 35.5. The van der Waals surface area contributed by atoms with Crippen LogP contribution < -0.4 is 5.32 Å². The van der Waals surface area contributed by atoms with Crippen molar-refractivity contribution < 1.29 is 4.79 Å². The number of benzene rings is 1. The number of likely N-dealkylation sites (tertiary alicyclic amines) is 1. The molecule has 2 aromatic rings. The van der Waals surface area contributed by atoms with Gasteiger partial charge in [0, 0.05) is 18.7 Å². The van der Waals surface area contributed by atoms with Crippen LogP contribution in [0.3, 0.4) is 0 Å². The molecule has 0 radical (unpaired) electrons. The predicted octanol–water partition coefficient (Wildman–Crippen LogP) is 3.52. The summed E-state index contributed by atoms with van der Waals surface area (Å²) in [5.41, 5.74) is 2.18. The number of halogens is 1. The molecule has 22 heavy (non-hydrogen) atoms. The van der Waals surface area contributed by atoms with Crippen LogP contribution in [0.15, 0.2) is 41.8 Å². The van der Waals surface area contributed by atoms with Gasteiger partial charge in [0.1, 0.15) is 0 Å². The van der Waals surface area contributed by atoms with Crippen molar-refractivity contribution in [1.82, 2.24) is 10.2 Å². The Balaban J connectivity index is 0.00000176. The van der Waals surface area contributed by atoms with Gasteiger partial charge in [0.25, 0.3) is 5.91 Å². The second-order valence-electron chi connectivity index (χ2n) is 5.49. The normalized spacial score (nSPS) is 17.3. The number of thiophene rings is 1. The number of amides is 1. The van der Waals surface area contributed by atoms with Crippen molar-refractivity contribution in [1.29, 1.82) is 0 Å². The topological polar surface area (TPSA) is 32.3 Å². The minimum atomic E-state index is 0. The van der Waals surface area contributed by atoms with Crippen molar-refractivity contribution in [3.63, 3.8) is 0 Å². The van der Waals surface area contributed by atoms with Crippen molar-refractivity contribution in [2.24, 2.45) is 5.92 Å². The maximum Gasteiger partial charge on any atom is 0.264 e. The molecule has 1 amide bonds. The summed E-state index contributed by atoms with van der Waals surface area (Å²) in [6.45, 7) is 2.73. The van der Waals surface area contributed by atoms with Crippen molar-refractivity contribution >= 4 is 29.7 Å². The number of nitrogens with one attached hydrogen (secondary N) is 1. The lowest BCUT2D eigenvalue weighted by molar-refractivity contribution is 0.0792. The van der Waals surface area contributed by atoms with Crippen LogP contribution in [0.1, 0.15) is 16.1 Å². The van der Waals surface area contributed by atoms with E-state index in [4.69, 9.17) is 0 Å². The smallest absolute Gasteiger partial charge is 0.264 e. The summed E-state index contributed by atoms with van der Waals surface area (Å²) in [6, 6.07) is 12.2. The Morgan fingerprint density at radius 1 is 1.32 bits per heavy atom. The molecule has 0 spiro atoms. The van der Waals surface area contributed by atoms with Crippen molar-refractivity contribution in [3.05, 3.63) is 46.7 Å². The fraction of sp³-hybridized carbons (Fsp3) is 0.353. The van der Waals surface area contributed by atoms with Gasteiger partial charge in [-0.05, 0) is 42.9 Å². The standard InChI is InChI=1S/C17H20N2OS.ClH/c1-18-11-13-7-9-19(12-13)17(20)16-15(8-10-21-16)14-5-3-2-4-6-14;/h2-6,8,10,13,18H,7,9,11-12H2,1H3;1H. The lowest BCUT2D eigenvalue weighted by atomic mass is 10.1. The van der Waals surface area contributed by atoms with E-state index in [1.54, 1.807) is 11.3 Å². The predicted molar refractivity (Wildman–Crippen MR) is 94.9 cm³/mol. The molecule has 1 unspecified atom stereocenters. The van der Waals surface area contributed by atoms with E-state index in [-0.39, 0.29) is 18.3 Å². The van der Waals surface area contributed by atoms with Gasteiger partial charge in [-0.2, -0.15) is 0 Å². The molecule has 1 N–H and O–H groups in total. The SMILES string of the molecule is CNCC1CCN(C(=O)c2sccc2-c2ccccc2)C1.Cl. The van der Waals surface area contributed by atoms with Crippen molar-refractivity contribution in [2.45, 2.75) is 6.42 Å². The molecule has 1 aliphatic rings. The maximum absolute atomic E-state index is 12.8. The van der Waals surface area contributed by atoms with Gasteiger partial charge in [0.05, 0.1) is 4.88 Å². The third kappa shape index (κ3) is 3.51. The van der Waals surface area contributed by atoms with E-state index in [1.807, 2.05) is 41.6 Å². The average molecular weight is 337 g/mol. The Labute approximate surface area is 141 Å². The highest BCUT2D eigenvalue weighted by Crippen LogP contribution is 2.30. The molecular formula is C17H21ClN2OS. The number of carbonyl (C=O) groups excluding carboxylic acids is 1. The Morgan fingerprint density at radius 3 is 2.82 bits per heavy atom. The molecule has 118 valence electrons. The Bertz CT molecular complexity index is 614. The number of carbonyl (C=O) groups is 1. The number of hydrogen-bond donors (Lipinski definition) is 1. The number of hydrogen-bond acceptors (Lipinski definition) is 3. The fourth-order valence-corrected chi connectivity index (χ4v) is 3.82. The Hall–Kier alpha value is -1.36. The van der Waals surface area contributed by atoms with Gasteiger partial charge in [-0.3, -0.25) is 4.79 Å². The third-order valence-corrected chi connectivity index (χ3v) is 4.91. The molecule has 0 bridgehead atoms. The lowest BCUT2D eigenvalue weighted by Gasteiger charge is -2.16. The summed E-state index contributed by atoms with van der Waals surface area (Å²) in [5, 5.41) is 5.22. The van der Waals surface area contributed by atoms with E-state index < -0.39 is 0 Å². The van der Waals surface area contributed by atoms with E-state index >= 15 is 0 Å². The zero-order valence-electron chi connectivity index (χ0n) is 12.6. The summed E-state index contributed by atoms with van der Waals surface area (Å²) < 4.78 is 0. The highest BCUT2D eigenvalue weighted by molar-refractivity contribution is 7.12. The molecule has 2 heterocycles. The van der Waals surface area contributed by atoms with Crippen LogP contribution >= 0.6 is 23.7 Å². The van der Waals surface area contributed by atoms with Crippen LogP contribution in [0.2, 0.25) is 0 Å². The lowest BCUT2D eigenvalue weighted by Crippen LogP contribution is -2.30. The largest absolute Gasteiger partial charge is 0.338 e. The quantitative estimate of drug-likeness (QED) is 0.926. The van der Waals surface area contributed by atoms with Crippen LogP contribution in [0.25, 0.3) is 11.1 Å². The Kier molecular flexibility index (Phi) is 6.00. The van der Waals surface area contributed by atoms with Gasteiger partial charge in [0.15, 0.2) is 0 Å². The minimum Gasteiger partial charge on any atom is -0.338 e. The van der Waals surface area contributed by atoms with Gasteiger partial charge in [-0.15, -0.1) is 23.7 Å². The van der Waals surface area contributed by atoms with Crippen LogP contribution in [0.4, 0.5) is 0 Å². The van der Waals surface area contributed by atoms with E-state index in [2.05, 4.69) is 17.4 Å². The molecule has 1 atom stereocenters. The molecule has 0 aliphatic carbocycles. The van der Waals surface area contributed by atoms with Crippen LogP contribution in [0, 0.1) is 5.92 Å². The molecule has 1 fully saturated rings. The van der Waals surface area contributed by atoms with Gasteiger partial charge in [-0.1, -0.05) is 30.3 Å². The monoisotopic (exact) mass is 336 g/mol. The molecule has 1 aromatic heterocycles. The van der Waals surface area contributed by atoms with Crippen molar-refractivity contribution in [2.75, 3.05) is 26.7 Å². The van der Waals surface area contributed by atoms with E-state index in [0.29, 0.717) is 5.92 Å². The summed E-state index contributed by atoms with van der Waals surface area (Å²) in [7, 11) is 1.97. The summed E-state index contributed by atoms with van der Waals surface area (Å²) in [4.78, 5) is 15.6. The Morgan fingerprint density at radius 2 is 2.09 bits per heavy atom. The van der Waals surface area contributed by atoms with Crippen LogP contribution in [-0.2, 0) is 0 Å². The second kappa shape index (κ2) is 7.77. The van der Waals surface area contributed by atoms with E-state index in [1.165, 1.54) is 0 Å². The first kappa shape index (κ1) is 17.0. The first-order valence-electron chi connectivity index (χ1n) is 7.36. The molecule has 1 saturated heterocycles. The van der Waals surface area contributed by atoms with E-state index in [9.17, 15) is 4.79 Å². The zero-order valence-corrected chi connectivity index (χ0v) is 14.3. The summed E-state index contributed by atoms with van der Waals surface area (Å²) >= 11 is 1.55. The maximum atomic E-state index is 12.8. The van der Waals surface area contributed by atoms with Crippen LogP contribution in [0.5, 0.6) is 0 Å². The first-order valence-corrected chi connectivity index (χ1v) is 8.24. The van der Waals surface area contributed by atoms with Gasteiger partial charge in [0.2, 0.25) is 0 Å². The molecule has 3 rings (SSSR count). The van der Waals surface area contributed by atoms with E-state index in [0.717, 1.165) is 42.1 Å². The summed E-state index contributed by atoms with van der Waals surface area (Å²) in [5.74, 6) is 0.765. The third-order valence-electron chi connectivity index (χ3n) is 4.01. The van der Waals surface area contributed by atoms with Crippen LogP contribution in [-0.4, -0.2) is 37.5 Å². The van der Waals surface area contributed by atoms with Gasteiger partial charge < -0.3 is 10.2 Å². The molecular weight excluding hydrogens is 316 g/mol. The molecule has 1 aliphatic heterocycles. The average Bonchev–Trinajstić information content (AvgIpc) is 3.17. The molecule has 1 aromatic carbocycles. The number of nitrogens with zero attached hydrogens (tertiary/aromatic N) is 1. The molecule has 0 saturated carbocycles. The molecule has 5 heteroatoms. The van der Waals surface area contributed by atoms with Crippen molar-refractivity contribution in [3.8, 4) is 11.1 Å². The summed E-state index contributed by atoms with van der Waals surface area (Å²) in [6.07, 6.45) is 1.10. The second-order valence-corrected chi connectivity index (χ2v) is 6.41.